The molecule has 0 saturated heterocycles. The summed E-state index contributed by atoms with van der Waals surface area (Å²) in [5.74, 6) is -0.746. The van der Waals surface area contributed by atoms with Gasteiger partial charge in [-0.15, -0.1) is 0 Å². The van der Waals surface area contributed by atoms with E-state index in [0.29, 0.717) is 5.78 Å². The molecule has 90 valence electrons. The molecule has 2 heterocycles. The summed E-state index contributed by atoms with van der Waals surface area (Å²) in [7, 11) is 0. The number of hydrogen-bond donors (Lipinski definition) is 1. The molecule has 0 unspecified atom stereocenters. The maximum absolute atomic E-state index is 10.8. The second-order valence-corrected chi connectivity index (χ2v) is 4.53. The Morgan fingerprint density at radius 1 is 1.50 bits per heavy atom. The maximum Gasteiger partial charge on any atom is 0.356 e. The molecule has 0 amide bonds. The van der Waals surface area contributed by atoms with Gasteiger partial charge in [-0.25, -0.2) is 14.8 Å². The molecule has 18 heavy (non-hydrogen) atoms. The van der Waals surface area contributed by atoms with Crippen molar-refractivity contribution in [1.29, 1.82) is 5.26 Å². The molecule has 0 bridgehead atoms. The predicted octanol–water partition coefficient (Wildman–Crippen LogP) is 1.37. The van der Waals surface area contributed by atoms with Gasteiger partial charge in [0.15, 0.2) is 5.69 Å². The SMILES string of the molecule is N#CC1(c2cnc3nc(C(=O)O)cn3c2)CCC1. The van der Waals surface area contributed by atoms with Crippen LogP contribution in [-0.2, 0) is 5.41 Å². The molecule has 3 rings (SSSR count). The number of imidazole rings is 1. The molecule has 2 aromatic rings. The number of aromatic nitrogens is 3. The predicted molar refractivity (Wildman–Crippen MR) is 61.1 cm³/mol. The van der Waals surface area contributed by atoms with Gasteiger partial charge in [-0.3, -0.25) is 4.40 Å². The second-order valence-electron chi connectivity index (χ2n) is 4.53. The molecule has 1 aliphatic rings. The molecule has 0 atom stereocenters. The first-order valence-electron chi connectivity index (χ1n) is 5.64. The van der Waals surface area contributed by atoms with Crippen LogP contribution in [0.3, 0.4) is 0 Å². The van der Waals surface area contributed by atoms with Gasteiger partial charge >= 0.3 is 5.97 Å². The summed E-state index contributed by atoms with van der Waals surface area (Å²) in [5, 5.41) is 18.1. The Labute approximate surface area is 103 Å². The lowest BCUT2D eigenvalue weighted by molar-refractivity contribution is 0.0691. The molecule has 0 aliphatic heterocycles. The number of carboxylic acids is 1. The van der Waals surface area contributed by atoms with Gasteiger partial charge in [0.05, 0.1) is 11.5 Å². The summed E-state index contributed by atoms with van der Waals surface area (Å²) in [6.45, 7) is 0. The lowest BCUT2D eigenvalue weighted by atomic mass is 9.66. The van der Waals surface area contributed by atoms with Crippen molar-refractivity contribution in [3.63, 3.8) is 0 Å². The van der Waals surface area contributed by atoms with Crippen LogP contribution in [0.1, 0.15) is 35.3 Å². The minimum atomic E-state index is -1.08. The van der Waals surface area contributed by atoms with E-state index in [1.54, 1.807) is 16.8 Å². The van der Waals surface area contributed by atoms with E-state index in [9.17, 15) is 10.1 Å². The van der Waals surface area contributed by atoms with Crippen LogP contribution in [0.5, 0.6) is 0 Å². The number of nitrogens with zero attached hydrogens (tertiary/aromatic N) is 4. The number of nitriles is 1. The molecule has 0 radical (unpaired) electrons. The van der Waals surface area contributed by atoms with E-state index in [4.69, 9.17) is 5.11 Å². The van der Waals surface area contributed by atoms with Crippen molar-refractivity contribution in [1.82, 2.24) is 14.4 Å². The summed E-state index contributed by atoms with van der Waals surface area (Å²) in [6.07, 6.45) is 7.49. The van der Waals surface area contributed by atoms with Crippen LogP contribution in [0.15, 0.2) is 18.6 Å². The number of carbonyl (C=O) groups is 1. The van der Waals surface area contributed by atoms with Crippen molar-refractivity contribution in [2.75, 3.05) is 0 Å². The summed E-state index contributed by atoms with van der Waals surface area (Å²) in [5.41, 5.74) is 0.340. The van der Waals surface area contributed by atoms with Crippen LogP contribution in [0.25, 0.3) is 5.78 Å². The zero-order valence-electron chi connectivity index (χ0n) is 9.50. The summed E-state index contributed by atoms with van der Waals surface area (Å²) < 4.78 is 1.57. The van der Waals surface area contributed by atoms with E-state index in [1.807, 2.05) is 0 Å². The third-order valence-corrected chi connectivity index (χ3v) is 3.50. The Bertz CT molecular complexity index is 679. The molecule has 1 fully saturated rings. The van der Waals surface area contributed by atoms with Crippen molar-refractivity contribution in [3.8, 4) is 6.07 Å². The maximum atomic E-state index is 10.8. The molecule has 1 saturated carbocycles. The molecule has 1 aliphatic carbocycles. The normalized spacial score (nSPS) is 17.1. The number of hydrogen-bond acceptors (Lipinski definition) is 4. The topological polar surface area (TPSA) is 91.3 Å². The van der Waals surface area contributed by atoms with Gasteiger partial charge in [-0.2, -0.15) is 5.26 Å². The molecule has 2 aromatic heterocycles. The number of carboxylic acid groups (broad SMARTS) is 1. The Morgan fingerprint density at radius 2 is 2.28 bits per heavy atom. The molecular weight excluding hydrogens is 232 g/mol. The summed E-state index contributed by atoms with van der Waals surface area (Å²) in [4.78, 5) is 18.8. The lowest BCUT2D eigenvalue weighted by Gasteiger charge is -2.35. The zero-order valence-corrected chi connectivity index (χ0v) is 9.50. The van der Waals surface area contributed by atoms with E-state index < -0.39 is 11.4 Å². The molecule has 1 N–H and O–H groups in total. The van der Waals surface area contributed by atoms with E-state index in [1.165, 1.54) is 6.20 Å². The summed E-state index contributed by atoms with van der Waals surface area (Å²) >= 11 is 0. The van der Waals surface area contributed by atoms with Crippen molar-refractivity contribution in [2.24, 2.45) is 0 Å². The molecule has 6 heteroatoms. The largest absolute Gasteiger partial charge is 0.476 e. The van der Waals surface area contributed by atoms with E-state index >= 15 is 0 Å². The van der Waals surface area contributed by atoms with Gasteiger partial charge in [-0.05, 0) is 19.3 Å². The highest BCUT2D eigenvalue weighted by molar-refractivity contribution is 5.85. The number of fused-ring (bicyclic) bond motifs is 1. The van der Waals surface area contributed by atoms with Crippen LogP contribution < -0.4 is 0 Å². The van der Waals surface area contributed by atoms with Crippen LogP contribution in [0, 0.1) is 11.3 Å². The van der Waals surface area contributed by atoms with Crippen LogP contribution in [0.2, 0.25) is 0 Å². The second kappa shape index (κ2) is 3.53. The summed E-state index contributed by atoms with van der Waals surface area (Å²) in [6, 6.07) is 2.34. The first kappa shape index (κ1) is 10.7. The molecule has 0 spiro atoms. The first-order chi connectivity index (χ1) is 8.64. The third-order valence-electron chi connectivity index (χ3n) is 3.50. The third kappa shape index (κ3) is 1.37. The average molecular weight is 242 g/mol. The molecular formula is C12H10N4O2. The molecule has 0 aromatic carbocycles. The van der Waals surface area contributed by atoms with Crippen molar-refractivity contribution < 1.29 is 9.90 Å². The van der Waals surface area contributed by atoms with Crippen LogP contribution >= 0.6 is 0 Å². The number of aromatic carboxylic acids is 1. The van der Waals surface area contributed by atoms with E-state index in [0.717, 1.165) is 24.8 Å². The Morgan fingerprint density at radius 3 is 2.83 bits per heavy atom. The lowest BCUT2D eigenvalue weighted by Crippen LogP contribution is -2.32. The highest BCUT2D eigenvalue weighted by Gasteiger charge is 2.39. The Hall–Kier alpha value is -2.42. The highest BCUT2D eigenvalue weighted by Crippen LogP contribution is 2.42. The standard InChI is InChI=1S/C12H10N4O2/c13-7-12(2-1-3-12)8-4-14-11-15-9(10(17)18)6-16(11)5-8/h4-6H,1-3H2,(H,17,18). The quantitative estimate of drug-likeness (QED) is 0.858. The zero-order chi connectivity index (χ0) is 12.8. The molecule has 6 nitrogen and oxygen atoms in total. The van der Waals surface area contributed by atoms with Gasteiger partial charge in [-0.1, -0.05) is 0 Å². The van der Waals surface area contributed by atoms with Gasteiger partial charge in [0.2, 0.25) is 5.78 Å². The van der Waals surface area contributed by atoms with Gasteiger partial charge in [0.1, 0.15) is 0 Å². The van der Waals surface area contributed by atoms with Crippen molar-refractivity contribution >= 4 is 11.7 Å². The Balaban J connectivity index is 2.11. The fourth-order valence-electron chi connectivity index (χ4n) is 2.23. The van der Waals surface area contributed by atoms with E-state index in [2.05, 4.69) is 16.0 Å². The van der Waals surface area contributed by atoms with Gasteiger partial charge in [0, 0.05) is 24.2 Å². The Kier molecular flexibility index (Phi) is 2.10. The monoisotopic (exact) mass is 242 g/mol. The minimum absolute atomic E-state index is 0.0423. The van der Waals surface area contributed by atoms with Gasteiger partial charge < -0.3 is 5.11 Å². The van der Waals surface area contributed by atoms with Crippen LogP contribution in [0.4, 0.5) is 0 Å². The average Bonchev–Trinajstić information content (AvgIpc) is 2.71. The van der Waals surface area contributed by atoms with Crippen LogP contribution in [-0.4, -0.2) is 25.4 Å². The smallest absolute Gasteiger partial charge is 0.356 e. The fraction of sp³-hybridized carbons (Fsp3) is 0.333. The minimum Gasteiger partial charge on any atom is -0.476 e. The van der Waals surface area contributed by atoms with Crippen molar-refractivity contribution in [2.45, 2.75) is 24.7 Å². The number of rotatable bonds is 2. The van der Waals surface area contributed by atoms with Crippen molar-refractivity contribution in [3.05, 3.63) is 29.8 Å². The first-order valence-corrected chi connectivity index (χ1v) is 5.64. The van der Waals surface area contributed by atoms with E-state index in [-0.39, 0.29) is 5.69 Å². The highest BCUT2D eigenvalue weighted by atomic mass is 16.4. The van der Waals surface area contributed by atoms with Gasteiger partial charge in [0.25, 0.3) is 0 Å². The fourth-order valence-corrected chi connectivity index (χ4v) is 2.23.